The molecule has 0 amide bonds. The summed E-state index contributed by atoms with van der Waals surface area (Å²) < 4.78 is 30.2. The third-order valence-corrected chi connectivity index (χ3v) is 5.45. The second-order valence-corrected chi connectivity index (χ2v) is 8.07. The molecular weight excluding hydrogens is 471 g/mol. The van der Waals surface area contributed by atoms with Gasteiger partial charge in [-0.3, -0.25) is 9.78 Å². The van der Waals surface area contributed by atoms with Crippen molar-refractivity contribution in [2.75, 3.05) is 13.2 Å². The number of carbonyl (C=O) groups is 2. The normalized spacial score (nSPS) is 11.8. The minimum absolute atomic E-state index is 0.0535. The molecule has 0 radical (unpaired) electrons. The molecule has 9 nitrogen and oxygen atoms in total. The Bertz CT molecular complexity index is 1290. The summed E-state index contributed by atoms with van der Waals surface area (Å²) >= 11 is 0. The Morgan fingerprint density at radius 2 is 1.86 bits per heavy atom. The number of rotatable bonds is 12. The van der Waals surface area contributed by atoms with E-state index in [9.17, 15) is 23.9 Å². The molecule has 0 bridgehead atoms. The number of nitrogens with zero attached hydrogens (tertiary/aromatic N) is 1. The van der Waals surface area contributed by atoms with Crippen LogP contribution in [0, 0.1) is 5.82 Å². The van der Waals surface area contributed by atoms with Crippen LogP contribution in [-0.4, -0.2) is 46.3 Å². The van der Waals surface area contributed by atoms with Crippen molar-refractivity contribution in [2.45, 2.75) is 52.6 Å². The van der Waals surface area contributed by atoms with Crippen LogP contribution >= 0.6 is 0 Å². The fourth-order valence-corrected chi connectivity index (χ4v) is 3.60. The minimum atomic E-state index is -1.21. The number of hydrogen-bond acceptors (Lipinski definition) is 7. The molecule has 1 aromatic carbocycles. The first-order valence-corrected chi connectivity index (χ1v) is 11.8. The lowest BCUT2D eigenvalue weighted by molar-refractivity contribution is -0.145. The number of fused-ring (bicyclic) bond motifs is 1. The highest BCUT2D eigenvalue weighted by molar-refractivity contribution is 5.99. The van der Waals surface area contributed by atoms with Crippen molar-refractivity contribution in [2.24, 2.45) is 0 Å². The lowest BCUT2D eigenvalue weighted by Crippen LogP contribution is -2.27. The molecule has 2 aromatic heterocycles. The molecule has 1 atom stereocenters. The molecule has 2 N–H and O–H groups in total. The van der Waals surface area contributed by atoms with E-state index < -0.39 is 29.4 Å². The van der Waals surface area contributed by atoms with Crippen LogP contribution in [-0.2, 0) is 16.0 Å². The highest BCUT2D eigenvalue weighted by atomic mass is 19.1. The Hall–Kier alpha value is -3.95. The van der Waals surface area contributed by atoms with Crippen LogP contribution in [0.4, 0.5) is 4.39 Å². The molecule has 36 heavy (non-hydrogen) atoms. The summed E-state index contributed by atoms with van der Waals surface area (Å²) in [5.74, 6) is -2.40. The van der Waals surface area contributed by atoms with Gasteiger partial charge in [-0.05, 0) is 37.5 Å². The van der Waals surface area contributed by atoms with E-state index in [-0.39, 0.29) is 54.2 Å². The average Bonchev–Trinajstić information content (AvgIpc) is 2.84. The highest BCUT2D eigenvalue weighted by Crippen LogP contribution is 2.35. The van der Waals surface area contributed by atoms with Gasteiger partial charge < -0.3 is 24.3 Å². The van der Waals surface area contributed by atoms with Gasteiger partial charge in [0.1, 0.15) is 16.9 Å². The molecule has 3 rings (SSSR count). The standard InChI is InChI=1S/C26H29FN2O7/c1-4-7-12-35-23-19(26(33)34-6-3)24(30)29-21-20(23)28-14-16(13-15-8-10-17(27)11-9-15)22(21)36-18(5-2)25(31)32/h8-11,14,18H,4-7,12-13H2,1-3H3,(H,29,30)(H,31,32)/t18-/m0/s1. The van der Waals surface area contributed by atoms with E-state index in [0.29, 0.717) is 12.0 Å². The number of carbonyl (C=O) groups excluding carboxylic acids is 1. The van der Waals surface area contributed by atoms with Crippen LogP contribution in [0.5, 0.6) is 11.5 Å². The molecule has 0 saturated carbocycles. The van der Waals surface area contributed by atoms with Gasteiger partial charge >= 0.3 is 11.9 Å². The number of hydrogen-bond donors (Lipinski definition) is 2. The number of pyridine rings is 2. The highest BCUT2D eigenvalue weighted by Gasteiger charge is 2.27. The van der Waals surface area contributed by atoms with Crippen molar-refractivity contribution in [3.63, 3.8) is 0 Å². The zero-order valence-electron chi connectivity index (χ0n) is 20.4. The van der Waals surface area contributed by atoms with Gasteiger partial charge in [-0.2, -0.15) is 0 Å². The van der Waals surface area contributed by atoms with Crippen molar-refractivity contribution >= 4 is 23.0 Å². The number of esters is 1. The number of aromatic nitrogens is 2. The van der Waals surface area contributed by atoms with E-state index in [4.69, 9.17) is 14.2 Å². The van der Waals surface area contributed by atoms with Crippen LogP contribution in [0.25, 0.3) is 11.0 Å². The first-order chi connectivity index (χ1) is 17.3. The van der Waals surface area contributed by atoms with Gasteiger partial charge in [-0.15, -0.1) is 0 Å². The number of halogens is 1. The molecule has 0 unspecified atom stereocenters. The molecule has 192 valence electrons. The largest absolute Gasteiger partial charge is 0.490 e. The molecule has 0 saturated heterocycles. The number of aromatic amines is 1. The van der Waals surface area contributed by atoms with Crippen molar-refractivity contribution in [3.05, 3.63) is 63.3 Å². The summed E-state index contributed by atoms with van der Waals surface area (Å²) in [6, 6.07) is 5.79. The molecule has 0 spiro atoms. The molecule has 0 aliphatic rings. The lowest BCUT2D eigenvalue weighted by atomic mass is 10.0. The molecule has 3 aromatic rings. The van der Waals surface area contributed by atoms with Crippen LogP contribution in [0.1, 0.15) is 61.5 Å². The van der Waals surface area contributed by atoms with Gasteiger partial charge in [0.05, 0.1) is 13.2 Å². The van der Waals surface area contributed by atoms with Crippen LogP contribution in [0.2, 0.25) is 0 Å². The van der Waals surface area contributed by atoms with E-state index >= 15 is 0 Å². The number of benzene rings is 1. The summed E-state index contributed by atoms with van der Waals surface area (Å²) in [6.07, 6.45) is 2.12. The van der Waals surface area contributed by atoms with Gasteiger partial charge in [0.15, 0.2) is 23.2 Å². The molecule has 0 fully saturated rings. The molecule has 10 heteroatoms. The maximum absolute atomic E-state index is 13.4. The number of ether oxygens (including phenoxy) is 3. The Balaban J connectivity index is 2.26. The average molecular weight is 501 g/mol. The second kappa shape index (κ2) is 12.1. The van der Waals surface area contributed by atoms with E-state index in [1.807, 2.05) is 6.92 Å². The third kappa shape index (κ3) is 5.99. The van der Waals surface area contributed by atoms with Gasteiger partial charge in [0.25, 0.3) is 5.56 Å². The fraction of sp³-hybridized carbons (Fsp3) is 0.385. The fourth-order valence-electron chi connectivity index (χ4n) is 3.60. The van der Waals surface area contributed by atoms with Crippen LogP contribution in [0.15, 0.2) is 35.3 Å². The number of carboxylic acids is 1. The Morgan fingerprint density at radius 1 is 1.14 bits per heavy atom. The summed E-state index contributed by atoms with van der Waals surface area (Å²) in [5.41, 5.74) is 0.311. The number of aliphatic carboxylic acids is 1. The minimum Gasteiger partial charge on any atom is -0.490 e. The van der Waals surface area contributed by atoms with Gasteiger partial charge in [0, 0.05) is 18.2 Å². The second-order valence-electron chi connectivity index (χ2n) is 8.07. The number of H-pyrrole nitrogens is 1. The third-order valence-electron chi connectivity index (χ3n) is 5.45. The van der Waals surface area contributed by atoms with Crippen LogP contribution < -0.4 is 15.0 Å². The zero-order chi connectivity index (χ0) is 26.2. The van der Waals surface area contributed by atoms with Crippen LogP contribution in [0.3, 0.4) is 0 Å². The first-order valence-electron chi connectivity index (χ1n) is 11.8. The predicted molar refractivity (Wildman–Crippen MR) is 130 cm³/mol. The summed E-state index contributed by atoms with van der Waals surface area (Å²) in [4.78, 5) is 44.5. The number of unbranched alkanes of at least 4 members (excludes halogenated alkanes) is 1. The van der Waals surface area contributed by atoms with Crippen molar-refractivity contribution in [1.29, 1.82) is 0 Å². The maximum atomic E-state index is 13.4. The van der Waals surface area contributed by atoms with Gasteiger partial charge in [-0.25, -0.2) is 14.0 Å². The molecule has 0 aliphatic carbocycles. The smallest absolute Gasteiger partial charge is 0.347 e. The van der Waals surface area contributed by atoms with Gasteiger partial charge in [-0.1, -0.05) is 32.4 Å². The Morgan fingerprint density at radius 3 is 2.47 bits per heavy atom. The van der Waals surface area contributed by atoms with Crippen molar-refractivity contribution < 1.29 is 33.3 Å². The van der Waals surface area contributed by atoms with E-state index in [1.165, 1.54) is 18.3 Å². The summed E-state index contributed by atoms with van der Waals surface area (Å²) in [5, 5.41) is 9.61. The van der Waals surface area contributed by atoms with Crippen molar-refractivity contribution in [1.82, 2.24) is 9.97 Å². The number of nitrogens with one attached hydrogen (secondary N) is 1. The van der Waals surface area contributed by atoms with E-state index in [2.05, 4.69) is 9.97 Å². The van der Waals surface area contributed by atoms with Crippen molar-refractivity contribution in [3.8, 4) is 11.5 Å². The van der Waals surface area contributed by atoms with E-state index in [1.54, 1.807) is 26.0 Å². The quantitative estimate of drug-likeness (QED) is 0.279. The Kier molecular flexibility index (Phi) is 8.99. The summed E-state index contributed by atoms with van der Waals surface area (Å²) in [6.45, 7) is 5.52. The molecule has 0 aliphatic heterocycles. The molecule has 2 heterocycles. The topological polar surface area (TPSA) is 128 Å². The number of carboxylic acid groups (broad SMARTS) is 1. The van der Waals surface area contributed by atoms with Gasteiger partial charge in [0.2, 0.25) is 0 Å². The zero-order valence-corrected chi connectivity index (χ0v) is 20.4. The lowest BCUT2D eigenvalue weighted by Gasteiger charge is -2.20. The monoisotopic (exact) mass is 500 g/mol. The Labute approximate surface area is 207 Å². The SMILES string of the molecule is CCCCOc1c(C(=O)OCC)c(=O)[nH]c2c(O[C@@H](CC)C(=O)O)c(Cc3ccc(F)cc3)cnc12. The molecular formula is C26H29FN2O7. The van der Waals surface area contributed by atoms with E-state index in [0.717, 1.165) is 12.0 Å². The maximum Gasteiger partial charge on any atom is 0.347 e. The summed E-state index contributed by atoms with van der Waals surface area (Å²) in [7, 11) is 0. The predicted octanol–water partition coefficient (Wildman–Crippen LogP) is 4.25. The first kappa shape index (κ1) is 26.7.